The smallest absolute Gasteiger partial charge is 0.249 e. The molecule has 0 saturated carbocycles. The van der Waals surface area contributed by atoms with Gasteiger partial charge in [0.25, 0.3) is 0 Å². The third kappa shape index (κ3) is 3.70. The zero-order valence-corrected chi connectivity index (χ0v) is 16.4. The predicted molar refractivity (Wildman–Crippen MR) is 99.1 cm³/mol. The van der Waals surface area contributed by atoms with Crippen LogP contribution in [0.2, 0.25) is 0 Å². The highest BCUT2D eigenvalue weighted by Crippen LogP contribution is 2.31. The molecule has 1 atom stereocenters. The van der Waals surface area contributed by atoms with E-state index in [4.69, 9.17) is 9.26 Å². The molecule has 0 unspecified atom stereocenters. The first kappa shape index (κ1) is 19.4. The Labute approximate surface area is 158 Å². The number of carbonyl (C=O) groups excluding carboxylic acids is 1. The van der Waals surface area contributed by atoms with Crippen LogP contribution in [0.5, 0.6) is 5.75 Å². The Bertz CT molecular complexity index is 919. The normalized spacial score (nSPS) is 17.8. The summed E-state index contributed by atoms with van der Waals surface area (Å²) in [6.45, 7) is 5.72. The number of hydrogen-bond donors (Lipinski definition) is 1. The van der Waals surface area contributed by atoms with Crippen molar-refractivity contribution in [3.8, 4) is 5.75 Å². The lowest BCUT2D eigenvalue weighted by molar-refractivity contribution is -0.119. The molecule has 1 amide bonds. The van der Waals surface area contributed by atoms with Gasteiger partial charge in [-0.2, -0.15) is 4.31 Å². The second-order valence-corrected chi connectivity index (χ2v) is 8.17. The number of hydrogen-bond acceptors (Lipinski definition) is 6. The molecule has 8 nitrogen and oxygen atoms in total. The van der Waals surface area contributed by atoms with E-state index < -0.39 is 16.1 Å². The second-order valence-electron chi connectivity index (χ2n) is 6.35. The largest absolute Gasteiger partial charge is 0.492 e. The van der Waals surface area contributed by atoms with Gasteiger partial charge in [0.15, 0.2) is 5.76 Å². The van der Waals surface area contributed by atoms with E-state index in [2.05, 4.69) is 10.5 Å². The molecule has 3 rings (SSSR count). The van der Waals surface area contributed by atoms with Crippen molar-refractivity contribution in [3.63, 3.8) is 0 Å². The van der Waals surface area contributed by atoms with Crippen molar-refractivity contribution in [3.05, 3.63) is 35.7 Å². The first-order valence-electron chi connectivity index (χ1n) is 8.83. The van der Waals surface area contributed by atoms with Crippen molar-refractivity contribution >= 4 is 21.6 Å². The van der Waals surface area contributed by atoms with Gasteiger partial charge in [-0.3, -0.25) is 4.79 Å². The van der Waals surface area contributed by atoms with Gasteiger partial charge >= 0.3 is 0 Å². The number of benzene rings is 1. The van der Waals surface area contributed by atoms with Crippen LogP contribution >= 0.6 is 0 Å². The second kappa shape index (κ2) is 7.69. The van der Waals surface area contributed by atoms with Gasteiger partial charge in [0.1, 0.15) is 22.4 Å². The summed E-state index contributed by atoms with van der Waals surface area (Å²) in [7, 11) is -3.88. The summed E-state index contributed by atoms with van der Waals surface area (Å²) in [6, 6.07) is 6.28. The molecule has 27 heavy (non-hydrogen) atoms. The highest BCUT2D eigenvalue weighted by molar-refractivity contribution is 7.89. The van der Waals surface area contributed by atoms with Crippen LogP contribution in [0.4, 0.5) is 5.69 Å². The summed E-state index contributed by atoms with van der Waals surface area (Å²) in [5.41, 5.74) is 0.811. The molecular weight excluding hydrogens is 370 g/mol. The van der Waals surface area contributed by atoms with Crippen LogP contribution in [-0.2, 0) is 14.8 Å². The Hall–Kier alpha value is -2.39. The molecule has 0 bridgehead atoms. The Morgan fingerprint density at radius 2 is 2.11 bits per heavy atom. The van der Waals surface area contributed by atoms with Crippen LogP contribution in [0.15, 0.2) is 33.7 Å². The van der Waals surface area contributed by atoms with E-state index in [-0.39, 0.29) is 23.1 Å². The third-order valence-corrected chi connectivity index (χ3v) is 6.64. The van der Waals surface area contributed by atoms with E-state index >= 15 is 0 Å². The molecule has 1 fully saturated rings. The lowest BCUT2D eigenvalue weighted by atomic mass is 10.2. The van der Waals surface area contributed by atoms with Gasteiger partial charge in [0, 0.05) is 6.54 Å². The minimum Gasteiger partial charge on any atom is -0.492 e. The molecule has 1 aliphatic rings. The Kier molecular flexibility index (Phi) is 5.52. The maximum Gasteiger partial charge on any atom is 0.249 e. The van der Waals surface area contributed by atoms with Gasteiger partial charge in [0.2, 0.25) is 15.9 Å². The van der Waals surface area contributed by atoms with Crippen LogP contribution in [0.3, 0.4) is 0 Å². The Morgan fingerprint density at radius 3 is 2.78 bits per heavy atom. The van der Waals surface area contributed by atoms with Crippen LogP contribution in [0.1, 0.15) is 31.2 Å². The molecule has 0 spiro atoms. The van der Waals surface area contributed by atoms with Gasteiger partial charge in [-0.15, -0.1) is 0 Å². The summed E-state index contributed by atoms with van der Waals surface area (Å²) >= 11 is 0. The number of aromatic nitrogens is 1. The molecule has 1 aromatic heterocycles. The standard InChI is InChI=1S/C18H23N3O5S/c1-4-25-16-10-6-5-8-14(16)19-18(22)15-9-7-11-21(15)27(23,24)17-12(2)20-26-13(17)3/h5-6,8,10,15H,4,7,9,11H2,1-3H3,(H,19,22)/t15-/m0/s1. The molecule has 146 valence electrons. The van der Waals surface area contributed by atoms with Crippen molar-refractivity contribution in [2.45, 2.75) is 44.6 Å². The molecule has 0 aliphatic carbocycles. The van der Waals surface area contributed by atoms with Gasteiger partial charge in [0.05, 0.1) is 12.3 Å². The van der Waals surface area contributed by atoms with Crippen LogP contribution in [0.25, 0.3) is 0 Å². The molecule has 1 N–H and O–H groups in total. The average molecular weight is 393 g/mol. The fourth-order valence-corrected chi connectivity index (χ4v) is 5.27. The number of rotatable bonds is 6. The molecule has 1 aliphatic heterocycles. The zero-order chi connectivity index (χ0) is 19.6. The lowest BCUT2D eigenvalue weighted by Gasteiger charge is -2.23. The maximum absolute atomic E-state index is 13.1. The van der Waals surface area contributed by atoms with Crippen molar-refractivity contribution in [2.75, 3.05) is 18.5 Å². The average Bonchev–Trinajstić information content (AvgIpc) is 3.24. The van der Waals surface area contributed by atoms with Crippen LogP contribution in [-0.4, -0.2) is 43.0 Å². The van der Waals surface area contributed by atoms with E-state index in [1.54, 1.807) is 32.0 Å². The summed E-state index contributed by atoms with van der Waals surface area (Å²) in [6.07, 6.45) is 1.05. The number of anilines is 1. The van der Waals surface area contributed by atoms with Crippen molar-refractivity contribution in [1.29, 1.82) is 0 Å². The third-order valence-electron chi connectivity index (χ3n) is 4.49. The topological polar surface area (TPSA) is 102 Å². The maximum atomic E-state index is 13.1. The summed E-state index contributed by atoms with van der Waals surface area (Å²) in [5, 5.41) is 6.53. The highest BCUT2D eigenvalue weighted by atomic mass is 32.2. The summed E-state index contributed by atoms with van der Waals surface area (Å²) in [4.78, 5) is 12.9. The number of carbonyl (C=O) groups is 1. The molecule has 2 aromatic rings. The number of sulfonamides is 1. The fraction of sp³-hybridized carbons (Fsp3) is 0.444. The first-order chi connectivity index (χ1) is 12.9. The number of nitrogens with zero attached hydrogens (tertiary/aromatic N) is 2. The fourth-order valence-electron chi connectivity index (χ4n) is 3.32. The van der Waals surface area contributed by atoms with Gasteiger partial charge in [-0.25, -0.2) is 8.42 Å². The highest BCUT2D eigenvalue weighted by Gasteiger charge is 2.42. The van der Waals surface area contributed by atoms with Crippen molar-refractivity contribution < 1.29 is 22.5 Å². The van der Waals surface area contributed by atoms with Crippen LogP contribution < -0.4 is 10.1 Å². The van der Waals surface area contributed by atoms with E-state index in [1.807, 2.05) is 13.0 Å². The lowest BCUT2D eigenvalue weighted by Crippen LogP contribution is -2.43. The van der Waals surface area contributed by atoms with Gasteiger partial charge < -0.3 is 14.6 Å². The van der Waals surface area contributed by atoms with Crippen LogP contribution in [0, 0.1) is 13.8 Å². The monoisotopic (exact) mass is 393 g/mol. The van der Waals surface area contributed by atoms with E-state index in [0.29, 0.717) is 36.6 Å². The van der Waals surface area contributed by atoms with Gasteiger partial charge in [-0.1, -0.05) is 17.3 Å². The number of para-hydroxylation sites is 2. The Balaban J connectivity index is 1.85. The number of nitrogens with one attached hydrogen (secondary N) is 1. The molecule has 1 aromatic carbocycles. The van der Waals surface area contributed by atoms with Gasteiger partial charge in [-0.05, 0) is 45.7 Å². The number of ether oxygens (including phenoxy) is 1. The molecular formula is C18H23N3O5S. The minimum absolute atomic E-state index is 0.0388. The van der Waals surface area contributed by atoms with Crippen molar-refractivity contribution in [1.82, 2.24) is 9.46 Å². The molecule has 2 heterocycles. The molecule has 1 saturated heterocycles. The SMILES string of the molecule is CCOc1ccccc1NC(=O)[C@@H]1CCCN1S(=O)(=O)c1c(C)noc1C. The molecule has 9 heteroatoms. The predicted octanol–water partition coefficient (Wildman–Crippen LogP) is 2.48. The minimum atomic E-state index is -3.88. The summed E-state index contributed by atoms with van der Waals surface area (Å²) < 4.78 is 37.9. The summed E-state index contributed by atoms with van der Waals surface area (Å²) in [5.74, 6) is 0.390. The number of aryl methyl sites for hydroxylation is 2. The first-order valence-corrected chi connectivity index (χ1v) is 10.3. The Morgan fingerprint density at radius 1 is 1.37 bits per heavy atom. The van der Waals surface area contributed by atoms with E-state index in [9.17, 15) is 13.2 Å². The zero-order valence-electron chi connectivity index (χ0n) is 15.6. The van der Waals surface area contributed by atoms with Crippen molar-refractivity contribution in [2.24, 2.45) is 0 Å². The van der Waals surface area contributed by atoms with E-state index in [1.165, 1.54) is 4.31 Å². The molecule has 0 radical (unpaired) electrons. The quantitative estimate of drug-likeness (QED) is 0.809. The number of amides is 1. The van der Waals surface area contributed by atoms with E-state index in [0.717, 1.165) is 0 Å².